The molecule has 2 unspecified atom stereocenters. The van der Waals surface area contributed by atoms with Gasteiger partial charge in [-0.3, -0.25) is 9.69 Å². The molecule has 4 heteroatoms. The van der Waals surface area contributed by atoms with E-state index in [1.54, 1.807) is 0 Å². The van der Waals surface area contributed by atoms with Gasteiger partial charge in [0.15, 0.2) is 0 Å². The van der Waals surface area contributed by atoms with Crippen LogP contribution >= 0.6 is 0 Å². The number of rotatable bonds is 1. The van der Waals surface area contributed by atoms with E-state index < -0.39 is 0 Å². The molecular weight excluding hydrogens is 214 g/mol. The van der Waals surface area contributed by atoms with Crippen LogP contribution in [0, 0.1) is 5.92 Å². The first-order valence-electron chi connectivity index (χ1n) is 6.95. The predicted octanol–water partition coefficient (Wildman–Crippen LogP) is 0.291. The highest BCUT2D eigenvalue weighted by molar-refractivity contribution is 5.78. The SMILES string of the molecule is CN1CC2CNC(C3CCCC3)CN2CC1=O. The first kappa shape index (κ1) is 11.5. The highest BCUT2D eigenvalue weighted by atomic mass is 16.2. The maximum Gasteiger partial charge on any atom is 0.236 e. The van der Waals surface area contributed by atoms with Gasteiger partial charge in [0.2, 0.25) is 5.91 Å². The molecule has 1 N–H and O–H groups in total. The van der Waals surface area contributed by atoms with Crippen LogP contribution in [-0.2, 0) is 4.79 Å². The van der Waals surface area contributed by atoms with Gasteiger partial charge in [-0.15, -0.1) is 0 Å². The Kier molecular flexibility index (Phi) is 3.09. The number of carbonyl (C=O) groups excluding carboxylic acids is 1. The van der Waals surface area contributed by atoms with Crippen molar-refractivity contribution >= 4 is 5.91 Å². The summed E-state index contributed by atoms with van der Waals surface area (Å²) < 4.78 is 0. The molecule has 2 atom stereocenters. The minimum atomic E-state index is 0.285. The topological polar surface area (TPSA) is 35.6 Å². The van der Waals surface area contributed by atoms with Crippen molar-refractivity contribution < 1.29 is 4.79 Å². The molecule has 0 aromatic rings. The van der Waals surface area contributed by atoms with E-state index in [9.17, 15) is 4.79 Å². The Labute approximate surface area is 103 Å². The van der Waals surface area contributed by atoms with Crippen LogP contribution in [0.2, 0.25) is 0 Å². The van der Waals surface area contributed by atoms with Crippen LogP contribution < -0.4 is 5.32 Å². The lowest BCUT2D eigenvalue weighted by Crippen LogP contribution is -2.65. The summed E-state index contributed by atoms with van der Waals surface area (Å²) in [5, 5.41) is 3.72. The Hall–Kier alpha value is -0.610. The number of likely N-dealkylation sites (N-methyl/N-ethyl adjacent to an activating group) is 1. The number of fused-ring (bicyclic) bond motifs is 1. The zero-order valence-electron chi connectivity index (χ0n) is 10.7. The van der Waals surface area contributed by atoms with Gasteiger partial charge < -0.3 is 10.2 Å². The molecule has 0 aromatic heterocycles. The molecule has 1 aliphatic carbocycles. The average Bonchev–Trinajstić information content (AvgIpc) is 2.83. The van der Waals surface area contributed by atoms with Crippen LogP contribution in [0.5, 0.6) is 0 Å². The summed E-state index contributed by atoms with van der Waals surface area (Å²) >= 11 is 0. The standard InChI is InChI=1S/C13H23N3O/c1-15-7-11-6-14-12(10-4-2-3-5-10)8-16(11)9-13(15)17/h10-12,14H,2-9H2,1H3. The van der Waals surface area contributed by atoms with E-state index in [0.717, 1.165) is 25.6 Å². The van der Waals surface area contributed by atoms with E-state index in [-0.39, 0.29) is 5.91 Å². The van der Waals surface area contributed by atoms with Gasteiger partial charge in [0.05, 0.1) is 6.54 Å². The third kappa shape index (κ3) is 2.20. The smallest absolute Gasteiger partial charge is 0.236 e. The molecule has 2 aliphatic heterocycles. The molecule has 17 heavy (non-hydrogen) atoms. The zero-order valence-corrected chi connectivity index (χ0v) is 10.7. The zero-order chi connectivity index (χ0) is 11.8. The molecule has 0 spiro atoms. The number of nitrogens with one attached hydrogen (secondary N) is 1. The molecule has 2 heterocycles. The summed E-state index contributed by atoms with van der Waals surface area (Å²) in [6.07, 6.45) is 5.55. The van der Waals surface area contributed by atoms with E-state index in [1.807, 2.05) is 11.9 Å². The Morgan fingerprint density at radius 3 is 2.76 bits per heavy atom. The molecule has 1 saturated carbocycles. The first-order valence-corrected chi connectivity index (χ1v) is 6.95. The molecule has 3 fully saturated rings. The minimum absolute atomic E-state index is 0.285. The highest BCUT2D eigenvalue weighted by Gasteiger charge is 2.37. The number of hydrogen-bond acceptors (Lipinski definition) is 3. The fourth-order valence-electron chi connectivity index (χ4n) is 3.64. The Morgan fingerprint density at radius 2 is 2.00 bits per heavy atom. The second-order valence-corrected chi connectivity index (χ2v) is 5.92. The summed E-state index contributed by atoms with van der Waals surface area (Å²) in [5.41, 5.74) is 0. The Morgan fingerprint density at radius 1 is 1.24 bits per heavy atom. The molecule has 2 saturated heterocycles. The van der Waals surface area contributed by atoms with Crippen molar-refractivity contribution in [3.63, 3.8) is 0 Å². The molecule has 4 nitrogen and oxygen atoms in total. The lowest BCUT2D eigenvalue weighted by Gasteiger charge is -2.46. The first-order chi connectivity index (χ1) is 8.24. The molecule has 1 amide bonds. The van der Waals surface area contributed by atoms with Crippen molar-refractivity contribution in [1.82, 2.24) is 15.1 Å². The summed E-state index contributed by atoms with van der Waals surface area (Å²) in [4.78, 5) is 16.0. The lowest BCUT2D eigenvalue weighted by molar-refractivity contribution is -0.138. The Bertz CT molecular complexity index is 301. The van der Waals surface area contributed by atoms with Crippen molar-refractivity contribution in [3.05, 3.63) is 0 Å². The van der Waals surface area contributed by atoms with Crippen LogP contribution in [0.3, 0.4) is 0 Å². The average molecular weight is 237 g/mol. The largest absolute Gasteiger partial charge is 0.343 e. The van der Waals surface area contributed by atoms with Crippen LogP contribution in [0.25, 0.3) is 0 Å². The number of piperazine rings is 2. The number of nitrogens with zero attached hydrogens (tertiary/aromatic N) is 2. The van der Waals surface area contributed by atoms with Crippen molar-refractivity contribution in [2.45, 2.75) is 37.8 Å². The van der Waals surface area contributed by atoms with E-state index >= 15 is 0 Å². The number of amides is 1. The van der Waals surface area contributed by atoms with Gasteiger partial charge in [0.1, 0.15) is 0 Å². The molecule has 3 aliphatic rings. The van der Waals surface area contributed by atoms with Gasteiger partial charge in [-0.25, -0.2) is 0 Å². The molecule has 0 aromatic carbocycles. The normalized spacial score (nSPS) is 36.3. The fraction of sp³-hybridized carbons (Fsp3) is 0.923. The van der Waals surface area contributed by atoms with Crippen molar-refractivity contribution in [1.29, 1.82) is 0 Å². The van der Waals surface area contributed by atoms with Crippen molar-refractivity contribution in [2.75, 3.05) is 33.2 Å². The third-order valence-electron chi connectivity index (χ3n) is 4.78. The number of hydrogen-bond donors (Lipinski definition) is 1. The van der Waals surface area contributed by atoms with E-state index in [2.05, 4.69) is 10.2 Å². The van der Waals surface area contributed by atoms with Gasteiger partial charge in [0, 0.05) is 38.8 Å². The van der Waals surface area contributed by atoms with Crippen molar-refractivity contribution in [2.24, 2.45) is 5.92 Å². The van der Waals surface area contributed by atoms with E-state index in [4.69, 9.17) is 0 Å². The lowest BCUT2D eigenvalue weighted by atomic mass is 9.94. The van der Waals surface area contributed by atoms with Gasteiger partial charge in [-0.2, -0.15) is 0 Å². The summed E-state index contributed by atoms with van der Waals surface area (Å²) in [6, 6.07) is 1.17. The fourth-order valence-corrected chi connectivity index (χ4v) is 3.64. The van der Waals surface area contributed by atoms with E-state index in [1.165, 1.54) is 25.7 Å². The van der Waals surface area contributed by atoms with Gasteiger partial charge >= 0.3 is 0 Å². The minimum Gasteiger partial charge on any atom is -0.343 e. The second kappa shape index (κ2) is 4.58. The van der Waals surface area contributed by atoms with Gasteiger partial charge in [0.25, 0.3) is 0 Å². The van der Waals surface area contributed by atoms with Crippen LogP contribution in [-0.4, -0.2) is 61.0 Å². The van der Waals surface area contributed by atoms with Crippen LogP contribution in [0.4, 0.5) is 0 Å². The van der Waals surface area contributed by atoms with Gasteiger partial charge in [-0.05, 0) is 18.8 Å². The molecule has 3 rings (SSSR count). The van der Waals surface area contributed by atoms with Crippen molar-refractivity contribution in [3.8, 4) is 0 Å². The number of carbonyl (C=O) groups is 1. The molecule has 0 bridgehead atoms. The Balaban J connectivity index is 1.62. The summed E-state index contributed by atoms with van der Waals surface area (Å²) in [6.45, 7) is 3.66. The quantitative estimate of drug-likeness (QED) is 0.712. The van der Waals surface area contributed by atoms with E-state index in [0.29, 0.717) is 18.6 Å². The molecule has 0 radical (unpaired) electrons. The van der Waals surface area contributed by atoms with Gasteiger partial charge in [-0.1, -0.05) is 12.8 Å². The molecular formula is C13H23N3O. The second-order valence-electron chi connectivity index (χ2n) is 5.92. The summed E-state index contributed by atoms with van der Waals surface area (Å²) in [5.74, 6) is 1.14. The monoisotopic (exact) mass is 237 g/mol. The highest BCUT2D eigenvalue weighted by Crippen LogP contribution is 2.30. The third-order valence-corrected chi connectivity index (χ3v) is 4.78. The summed E-state index contributed by atoms with van der Waals surface area (Å²) in [7, 11) is 1.92. The van der Waals surface area contributed by atoms with Crippen LogP contribution in [0.1, 0.15) is 25.7 Å². The van der Waals surface area contributed by atoms with Crippen LogP contribution in [0.15, 0.2) is 0 Å². The maximum atomic E-state index is 11.7. The molecule has 96 valence electrons. The predicted molar refractivity (Wildman–Crippen MR) is 66.7 cm³/mol. The maximum absolute atomic E-state index is 11.7.